The number of carbonyl (C=O) groups excluding carboxylic acids is 2. The number of hydrogen-bond donors (Lipinski definition) is 0. The first-order valence-corrected chi connectivity index (χ1v) is 9.41. The summed E-state index contributed by atoms with van der Waals surface area (Å²) in [5.41, 5.74) is 1.86. The first-order valence-electron chi connectivity index (χ1n) is 9.03. The molecule has 1 aromatic heterocycles. The Balaban J connectivity index is 1.76. The number of aromatic nitrogens is 1. The van der Waals surface area contributed by atoms with Gasteiger partial charge in [0.05, 0.1) is 0 Å². The van der Waals surface area contributed by atoms with Crippen molar-refractivity contribution in [3.63, 3.8) is 0 Å². The van der Waals surface area contributed by atoms with E-state index in [4.69, 9.17) is 11.6 Å². The van der Waals surface area contributed by atoms with E-state index in [0.29, 0.717) is 29.2 Å². The molecule has 0 spiro atoms. The molecule has 0 radical (unpaired) electrons. The van der Waals surface area contributed by atoms with Crippen molar-refractivity contribution in [1.29, 1.82) is 0 Å². The lowest BCUT2D eigenvalue weighted by Crippen LogP contribution is -2.51. The maximum absolute atomic E-state index is 13.5. The van der Waals surface area contributed by atoms with Crippen molar-refractivity contribution in [1.82, 2.24) is 14.8 Å². The smallest absolute Gasteiger partial charge is 0.256 e. The molecular formula is C22H16ClN3O2. The number of fused-ring (bicyclic) bond motifs is 3. The summed E-state index contributed by atoms with van der Waals surface area (Å²) in [5, 5.41) is 0.606. The van der Waals surface area contributed by atoms with Crippen molar-refractivity contribution in [3.8, 4) is 0 Å². The minimum Gasteiger partial charge on any atom is -0.306 e. The molecule has 0 N–H and O–H groups in total. The van der Waals surface area contributed by atoms with Gasteiger partial charge >= 0.3 is 0 Å². The Labute approximate surface area is 167 Å². The van der Waals surface area contributed by atoms with Crippen molar-refractivity contribution in [2.75, 3.05) is 13.1 Å². The van der Waals surface area contributed by atoms with Gasteiger partial charge in [-0.1, -0.05) is 41.9 Å². The van der Waals surface area contributed by atoms with Gasteiger partial charge in [-0.3, -0.25) is 14.6 Å². The topological polar surface area (TPSA) is 53.5 Å². The molecule has 2 aliphatic rings. The van der Waals surface area contributed by atoms with E-state index in [2.05, 4.69) is 4.98 Å². The van der Waals surface area contributed by atoms with Gasteiger partial charge in [-0.05, 0) is 30.3 Å². The second-order valence-corrected chi connectivity index (χ2v) is 7.31. The summed E-state index contributed by atoms with van der Waals surface area (Å²) in [4.78, 5) is 34.2. The van der Waals surface area contributed by atoms with Crippen LogP contribution in [0.15, 0.2) is 73.1 Å². The molecule has 5 nitrogen and oxygen atoms in total. The average Bonchev–Trinajstić information content (AvgIpc) is 3.25. The second kappa shape index (κ2) is 6.17. The zero-order valence-electron chi connectivity index (χ0n) is 14.9. The van der Waals surface area contributed by atoms with Crippen molar-refractivity contribution < 1.29 is 9.59 Å². The highest BCUT2D eigenvalue weighted by molar-refractivity contribution is 6.30. The van der Waals surface area contributed by atoms with Crippen LogP contribution in [0.4, 0.5) is 0 Å². The van der Waals surface area contributed by atoms with E-state index >= 15 is 0 Å². The Bertz CT molecular complexity index is 1080. The van der Waals surface area contributed by atoms with Crippen LogP contribution in [-0.2, 0) is 5.66 Å². The van der Waals surface area contributed by atoms with E-state index in [1.807, 2.05) is 36.4 Å². The number of rotatable bonds is 2. The van der Waals surface area contributed by atoms with Crippen LogP contribution in [-0.4, -0.2) is 39.7 Å². The van der Waals surface area contributed by atoms with Crippen LogP contribution >= 0.6 is 11.6 Å². The molecule has 2 aliphatic heterocycles. The normalized spacial score (nSPS) is 20.2. The van der Waals surface area contributed by atoms with Crippen LogP contribution in [0.5, 0.6) is 0 Å². The Kier molecular flexibility index (Phi) is 3.74. The van der Waals surface area contributed by atoms with Crippen molar-refractivity contribution in [3.05, 3.63) is 100 Å². The maximum Gasteiger partial charge on any atom is 0.256 e. The third kappa shape index (κ3) is 2.17. The van der Waals surface area contributed by atoms with E-state index < -0.39 is 5.66 Å². The van der Waals surface area contributed by atoms with E-state index in [-0.39, 0.29) is 11.8 Å². The van der Waals surface area contributed by atoms with Gasteiger partial charge < -0.3 is 9.80 Å². The SMILES string of the molecule is O=C(c1ccncc1)N1CCN2C(=O)c3ccccc3C12c1ccc(Cl)cc1. The van der Waals surface area contributed by atoms with Gasteiger partial charge in [-0.2, -0.15) is 0 Å². The van der Waals surface area contributed by atoms with Crippen molar-refractivity contribution >= 4 is 23.4 Å². The summed E-state index contributed by atoms with van der Waals surface area (Å²) in [7, 11) is 0. The Morgan fingerprint density at radius 2 is 1.68 bits per heavy atom. The molecule has 28 heavy (non-hydrogen) atoms. The van der Waals surface area contributed by atoms with Crippen molar-refractivity contribution in [2.24, 2.45) is 0 Å². The number of halogens is 1. The molecule has 138 valence electrons. The number of benzene rings is 2. The zero-order valence-corrected chi connectivity index (χ0v) is 15.6. The molecule has 0 bridgehead atoms. The highest BCUT2D eigenvalue weighted by Crippen LogP contribution is 2.50. The molecule has 5 rings (SSSR count). The summed E-state index contributed by atoms with van der Waals surface area (Å²) < 4.78 is 0. The summed E-state index contributed by atoms with van der Waals surface area (Å²) >= 11 is 6.11. The largest absolute Gasteiger partial charge is 0.306 e. The Morgan fingerprint density at radius 1 is 0.964 bits per heavy atom. The first kappa shape index (κ1) is 17.0. The van der Waals surface area contributed by atoms with Gasteiger partial charge in [-0.15, -0.1) is 0 Å². The van der Waals surface area contributed by atoms with E-state index in [9.17, 15) is 9.59 Å². The number of amides is 2. The molecular weight excluding hydrogens is 374 g/mol. The summed E-state index contributed by atoms with van der Waals surface area (Å²) in [6.45, 7) is 0.914. The van der Waals surface area contributed by atoms with Gasteiger partial charge in [0.15, 0.2) is 5.66 Å². The van der Waals surface area contributed by atoms with Gasteiger partial charge in [0, 0.05) is 52.8 Å². The van der Waals surface area contributed by atoms with Crippen LogP contribution < -0.4 is 0 Å². The standard InChI is InChI=1S/C22H16ClN3O2/c23-17-7-5-16(6-8-17)22-19-4-2-1-3-18(19)21(28)26(22)14-13-25(22)20(27)15-9-11-24-12-10-15/h1-12H,13-14H2. The second-order valence-electron chi connectivity index (χ2n) is 6.87. The van der Waals surface area contributed by atoms with Crippen LogP contribution in [0.1, 0.15) is 31.8 Å². The molecule has 3 aromatic rings. The third-order valence-electron chi connectivity index (χ3n) is 5.53. The highest BCUT2D eigenvalue weighted by Gasteiger charge is 2.59. The van der Waals surface area contributed by atoms with Gasteiger partial charge in [-0.25, -0.2) is 0 Å². The van der Waals surface area contributed by atoms with Crippen LogP contribution in [0.25, 0.3) is 0 Å². The molecule has 1 atom stereocenters. The minimum absolute atomic E-state index is 0.0596. The van der Waals surface area contributed by atoms with Crippen LogP contribution in [0, 0.1) is 0 Å². The predicted octanol–water partition coefficient (Wildman–Crippen LogP) is 3.55. The summed E-state index contributed by atoms with van der Waals surface area (Å²) in [6, 6.07) is 18.3. The lowest BCUT2D eigenvalue weighted by atomic mass is 9.89. The maximum atomic E-state index is 13.5. The molecule has 1 fully saturated rings. The lowest BCUT2D eigenvalue weighted by molar-refractivity contribution is 0.0375. The van der Waals surface area contributed by atoms with Crippen LogP contribution in [0.3, 0.4) is 0 Å². The fourth-order valence-corrected chi connectivity index (χ4v) is 4.50. The molecule has 0 saturated carbocycles. The summed E-state index contributed by atoms with van der Waals surface area (Å²) in [5.74, 6) is -0.195. The average molecular weight is 390 g/mol. The van der Waals surface area contributed by atoms with Gasteiger partial charge in [0.25, 0.3) is 11.8 Å². The number of pyridine rings is 1. The number of nitrogens with zero attached hydrogens (tertiary/aromatic N) is 3. The fourth-order valence-electron chi connectivity index (χ4n) is 4.38. The van der Waals surface area contributed by atoms with E-state index in [1.165, 1.54) is 0 Å². The van der Waals surface area contributed by atoms with Gasteiger partial charge in [0.1, 0.15) is 0 Å². The molecule has 1 unspecified atom stereocenters. The summed E-state index contributed by atoms with van der Waals surface area (Å²) in [6.07, 6.45) is 3.20. The Hall–Kier alpha value is -3.18. The monoisotopic (exact) mass is 389 g/mol. The molecule has 2 aromatic carbocycles. The van der Waals surface area contributed by atoms with Gasteiger partial charge in [0.2, 0.25) is 0 Å². The first-order chi connectivity index (χ1) is 13.6. The fraction of sp³-hybridized carbons (Fsp3) is 0.136. The minimum atomic E-state index is -0.974. The predicted molar refractivity (Wildman–Crippen MR) is 105 cm³/mol. The van der Waals surface area contributed by atoms with E-state index in [0.717, 1.165) is 11.1 Å². The quantitative estimate of drug-likeness (QED) is 0.673. The molecule has 2 amide bonds. The number of carbonyl (C=O) groups is 2. The van der Waals surface area contributed by atoms with Crippen molar-refractivity contribution in [2.45, 2.75) is 5.66 Å². The third-order valence-corrected chi connectivity index (χ3v) is 5.78. The highest BCUT2D eigenvalue weighted by atomic mass is 35.5. The molecule has 1 saturated heterocycles. The molecule has 6 heteroatoms. The molecule has 3 heterocycles. The molecule has 0 aliphatic carbocycles. The van der Waals surface area contributed by atoms with E-state index in [1.54, 1.807) is 46.5 Å². The lowest BCUT2D eigenvalue weighted by Gasteiger charge is -2.40. The zero-order chi connectivity index (χ0) is 19.3. The Morgan fingerprint density at radius 3 is 2.43 bits per heavy atom. The number of hydrogen-bond acceptors (Lipinski definition) is 3. The van der Waals surface area contributed by atoms with Crippen LogP contribution in [0.2, 0.25) is 5.02 Å².